The SMILES string of the molecule is COc1ccccc1NC(=O)N1CCOC(Cc2ccc(F)cc2)C1. The van der Waals surface area contributed by atoms with E-state index in [1.807, 2.05) is 12.1 Å². The zero-order valence-electron chi connectivity index (χ0n) is 14.1. The normalized spacial score (nSPS) is 17.2. The van der Waals surface area contributed by atoms with E-state index in [0.29, 0.717) is 37.6 Å². The van der Waals surface area contributed by atoms with Gasteiger partial charge in [-0.15, -0.1) is 0 Å². The minimum atomic E-state index is -0.258. The molecule has 0 aromatic heterocycles. The standard InChI is InChI=1S/C19H21FN2O3/c1-24-18-5-3-2-4-17(18)21-19(23)22-10-11-25-16(13-22)12-14-6-8-15(20)9-7-14/h2-9,16H,10-13H2,1H3,(H,21,23). The molecule has 0 aliphatic carbocycles. The monoisotopic (exact) mass is 344 g/mol. The Morgan fingerprint density at radius 3 is 2.80 bits per heavy atom. The van der Waals surface area contributed by atoms with Crippen LogP contribution < -0.4 is 10.1 Å². The summed E-state index contributed by atoms with van der Waals surface area (Å²) in [6, 6.07) is 13.5. The van der Waals surface area contributed by atoms with E-state index in [9.17, 15) is 9.18 Å². The number of methoxy groups -OCH3 is 1. The molecule has 1 N–H and O–H groups in total. The molecule has 2 aromatic carbocycles. The van der Waals surface area contributed by atoms with Gasteiger partial charge in [0.15, 0.2) is 0 Å². The number of benzene rings is 2. The van der Waals surface area contributed by atoms with Crippen LogP contribution in [-0.2, 0) is 11.2 Å². The van der Waals surface area contributed by atoms with E-state index in [0.717, 1.165) is 5.56 Å². The van der Waals surface area contributed by atoms with Crippen LogP contribution in [0.15, 0.2) is 48.5 Å². The first-order chi connectivity index (χ1) is 12.2. The summed E-state index contributed by atoms with van der Waals surface area (Å²) in [6.45, 7) is 1.49. The quantitative estimate of drug-likeness (QED) is 0.926. The number of urea groups is 1. The molecule has 1 atom stereocenters. The van der Waals surface area contributed by atoms with Gasteiger partial charge in [0, 0.05) is 19.5 Å². The molecule has 0 radical (unpaired) electrons. The number of nitrogens with zero attached hydrogens (tertiary/aromatic N) is 1. The zero-order valence-corrected chi connectivity index (χ0v) is 14.1. The first-order valence-corrected chi connectivity index (χ1v) is 8.20. The Labute approximate surface area is 146 Å². The number of rotatable bonds is 4. The number of nitrogens with one attached hydrogen (secondary N) is 1. The third-order valence-corrected chi connectivity index (χ3v) is 4.15. The van der Waals surface area contributed by atoms with Gasteiger partial charge in [0.2, 0.25) is 0 Å². The highest BCUT2D eigenvalue weighted by Crippen LogP contribution is 2.23. The van der Waals surface area contributed by atoms with E-state index >= 15 is 0 Å². The summed E-state index contributed by atoms with van der Waals surface area (Å²) in [4.78, 5) is 14.3. The van der Waals surface area contributed by atoms with Crippen LogP contribution in [0.1, 0.15) is 5.56 Å². The first-order valence-electron chi connectivity index (χ1n) is 8.20. The molecule has 0 saturated carbocycles. The molecular formula is C19H21FN2O3. The molecule has 2 amide bonds. The predicted octanol–water partition coefficient (Wildman–Crippen LogP) is 3.31. The van der Waals surface area contributed by atoms with Crippen LogP contribution in [-0.4, -0.2) is 43.8 Å². The first kappa shape index (κ1) is 17.2. The fourth-order valence-corrected chi connectivity index (χ4v) is 2.85. The summed E-state index contributed by atoms with van der Waals surface area (Å²) >= 11 is 0. The van der Waals surface area contributed by atoms with Gasteiger partial charge < -0.3 is 19.7 Å². The van der Waals surface area contributed by atoms with E-state index in [1.54, 1.807) is 36.3 Å². The number of hydrogen-bond acceptors (Lipinski definition) is 3. The summed E-state index contributed by atoms with van der Waals surface area (Å²) in [5, 5.41) is 2.88. The van der Waals surface area contributed by atoms with Crippen LogP contribution in [0.2, 0.25) is 0 Å². The molecule has 2 aromatic rings. The van der Waals surface area contributed by atoms with Crippen molar-refractivity contribution in [3.8, 4) is 5.75 Å². The smallest absolute Gasteiger partial charge is 0.322 e. The van der Waals surface area contributed by atoms with Gasteiger partial charge in [-0.1, -0.05) is 24.3 Å². The van der Waals surface area contributed by atoms with E-state index in [4.69, 9.17) is 9.47 Å². The second-order valence-corrected chi connectivity index (χ2v) is 5.90. The van der Waals surface area contributed by atoms with Crippen molar-refractivity contribution in [2.45, 2.75) is 12.5 Å². The molecule has 0 bridgehead atoms. The summed E-state index contributed by atoms with van der Waals surface area (Å²) < 4.78 is 24.0. The molecule has 1 saturated heterocycles. The van der Waals surface area contributed by atoms with Crippen molar-refractivity contribution in [2.75, 3.05) is 32.1 Å². The van der Waals surface area contributed by atoms with Crippen LogP contribution in [0.3, 0.4) is 0 Å². The van der Waals surface area contributed by atoms with Crippen LogP contribution in [0.25, 0.3) is 0 Å². The molecule has 1 aliphatic rings. The topological polar surface area (TPSA) is 50.8 Å². The van der Waals surface area contributed by atoms with Gasteiger partial charge in [-0.25, -0.2) is 9.18 Å². The lowest BCUT2D eigenvalue weighted by Gasteiger charge is -2.33. The second-order valence-electron chi connectivity index (χ2n) is 5.90. The van der Waals surface area contributed by atoms with Crippen LogP contribution in [0, 0.1) is 5.82 Å². The van der Waals surface area contributed by atoms with Gasteiger partial charge in [0.25, 0.3) is 0 Å². The van der Waals surface area contributed by atoms with E-state index < -0.39 is 0 Å². The zero-order chi connectivity index (χ0) is 17.6. The number of halogens is 1. The van der Waals surface area contributed by atoms with Crippen LogP contribution in [0.4, 0.5) is 14.9 Å². The summed E-state index contributed by atoms with van der Waals surface area (Å²) in [5.41, 5.74) is 1.62. The van der Waals surface area contributed by atoms with Crippen molar-refractivity contribution in [3.63, 3.8) is 0 Å². The third kappa shape index (κ3) is 4.48. The number of para-hydroxylation sites is 2. The van der Waals surface area contributed by atoms with E-state index in [1.165, 1.54) is 12.1 Å². The molecule has 0 spiro atoms. The van der Waals surface area contributed by atoms with Gasteiger partial charge in [0.05, 0.1) is 25.5 Å². The van der Waals surface area contributed by atoms with Crippen molar-refractivity contribution in [1.29, 1.82) is 0 Å². The van der Waals surface area contributed by atoms with Crippen LogP contribution >= 0.6 is 0 Å². The van der Waals surface area contributed by atoms with E-state index in [2.05, 4.69) is 5.32 Å². The van der Waals surface area contributed by atoms with Crippen molar-refractivity contribution in [3.05, 3.63) is 59.9 Å². The molecule has 132 valence electrons. The molecule has 1 fully saturated rings. The highest BCUT2D eigenvalue weighted by atomic mass is 19.1. The highest BCUT2D eigenvalue weighted by Gasteiger charge is 2.25. The predicted molar refractivity (Wildman–Crippen MR) is 93.4 cm³/mol. The van der Waals surface area contributed by atoms with Crippen LogP contribution in [0.5, 0.6) is 5.75 Å². The summed E-state index contributed by atoms with van der Waals surface area (Å²) in [7, 11) is 1.57. The van der Waals surface area contributed by atoms with Gasteiger partial charge in [-0.05, 0) is 29.8 Å². The Morgan fingerprint density at radius 2 is 2.04 bits per heavy atom. The summed E-state index contributed by atoms with van der Waals surface area (Å²) in [5.74, 6) is 0.359. The fraction of sp³-hybridized carbons (Fsp3) is 0.316. The summed E-state index contributed by atoms with van der Waals surface area (Å²) in [6.07, 6.45) is 0.529. The van der Waals surface area contributed by atoms with Gasteiger partial charge in [-0.2, -0.15) is 0 Å². The number of carbonyl (C=O) groups excluding carboxylic acids is 1. The maximum Gasteiger partial charge on any atom is 0.322 e. The Balaban J connectivity index is 1.60. The third-order valence-electron chi connectivity index (χ3n) is 4.15. The molecule has 1 unspecified atom stereocenters. The number of anilines is 1. The number of hydrogen-bond donors (Lipinski definition) is 1. The number of morpholine rings is 1. The van der Waals surface area contributed by atoms with Crippen molar-refractivity contribution in [2.24, 2.45) is 0 Å². The fourth-order valence-electron chi connectivity index (χ4n) is 2.85. The maximum absolute atomic E-state index is 13.0. The van der Waals surface area contributed by atoms with Crippen molar-refractivity contribution >= 4 is 11.7 Å². The average molecular weight is 344 g/mol. The molecule has 6 heteroatoms. The lowest BCUT2D eigenvalue weighted by Crippen LogP contribution is -2.48. The average Bonchev–Trinajstić information content (AvgIpc) is 2.64. The van der Waals surface area contributed by atoms with Gasteiger partial charge in [-0.3, -0.25) is 0 Å². The maximum atomic E-state index is 13.0. The molecular weight excluding hydrogens is 323 g/mol. The molecule has 5 nitrogen and oxygen atoms in total. The minimum Gasteiger partial charge on any atom is -0.495 e. The highest BCUT2D eigenvalue weighted by molar-refractivity contribution is 5.91. The molecule has 3 rings (SSSR count). The molecule has 25 heavy (non-hydrogen) atoms. The number of ether oxygens (including phenoxy) is 2. The number of amides is 2. The van der Waals surface area contributed by atoms with Gasteiger partial charge in [0.1, 0.15) is 11.6 Å². The molecule has 1 aliphatic heterocycles. The Morgan fingerprint density at radius 1 is 1.28 bits per heavy atom. The lowest BCUT2D eigenvalue weighted by atomic mass is 10.1. The second kappa shape index (κ2) is 7.98. The van der Waals surface area contributed by atoms with Gasteiger partial charge >= 0.3 is 6.03 Å². The Bertz CT molecular complexity index is 721. The largest absolute Gasteiger partial charge is 0.495 e. The van der Waals surface area contributed by atoms with Crippen molar-refractivity contribution < 1.29 is 18.7 Å². The van der Waals surface area contributed by atoms with Crippen molar-refractivity contribution in [1.82, 2.24) is 4.90 Å². The number of carbonyl (C=O) groups is 1. The molecule has 1 heterocycles. The van der Waals surface area contributed by atoms with E-state index in [-0.39, 0.29) is 18.0 Å². The Hall–Kier alpha value is -2.60. The minimum absolute atomic E-state index is 0.109. The lowest BCUT2D eigenvalue weighted by molar-refractivity contribution is -0.0113. The Kier molecular flexibility index (Phi) is 5.50.